The molecule has 0 amide bonds. The van der Waals surface area contributed by atoms with E-state index >= 15 is 0 Å². The molecule has 2 heterocycles. The van der Waals surface area contributed by atoms with Gasteiger partial charge >= 0.3 is 5.97 Å². The number of rotatable bonds is 4. The van der Waals surface area contributed by atoms with Gasteiger partial charge in [-0.25, -0.2) is 14.0 Å². The van der Waals surface area contributed by atoms with Crippen molar-refractivity contribution >= 4 is 21.9 Å². The molecule has 18 heavy (non-hydrogen) atoms. The highest BCUT2D eigenvalue weighted by Gasteiger charge is 2.35. The van der Waals surface area contributed by atoms with Crippen molar-refractivity contribution in [1.29, 1.82) is 0 Å². The van der Waals surface area contributed by atoms with E-state index in [-0.39, 0.29) is 4.91 Å². The summed E-state index contributed by atoms with van der Waals surface area (Å²) in [5, 5.41) is 9.33. The smallest absolute Gasteiger partial charge is 0.346 e. The summed E-state index contributed by atoms with van der Waals surface area (Å²) >= 11 is 0. The van der Waals surface area contributed by atoms with E-state index < -0.39 is 16.8 Å². The lowest BCUT2D eigenvalue weighted by Gasteiger charge is -2.24. The summed E-state index contributed by atoms with van der Waals surface area (Å²) in [5.41, 5.74) is 2.17. The van der Waals surface area contributed by atoms with Gasteiger partial charge in [-0.1, -0.05) is 20.3 Å². The average molecular weight is 268 g/mol. The molecule has 5 nitrogen and oxygen atoms in total. The van der Waals surface area contributed by atoms with E-state index in [1.807, 2.05) is 0 Å². The zero-order valence-corrected chi connectivity index (χ0v) is 11.3. The molecule has 0 spiro atoms. The van der Waals surface area contributed by atoms with E-state index in [0.717, 1.165) is 25.0 Å². The maximum absolute atomic E-state index is 12.0. The number of nitrogens with zero attached hydrogens (tertiary/aromatic N) is 2. The van der Waals surface area contributed by atoms with Crippen molar-refractivity contribution in [3.05, 3.63) is 22.4 Å². The first-order valence-electron chi connectivity index (χ1n) is 6.01. The van der Waals surface area contributed by atoms with Crippen molar-refractivity contribution in [2.45, 2.75) is 33.1 Å². The van der Waals surface area contributed by atoms with Gasteiger partial charge in [0.05, 0.1) is 0 Å². The number of fused-ring (bicyclic) bond motifs is 1. The van der Waals surface area contributed by atoms with Crippen LogP contribution in [0.4, 0.5) is 0 Å². The van der Waals surface area contributed by atoms with E-state index in [4.69, 9.17) is 5.11 Å². The monoisotopic (exact) mass is 268 g/mol. The van der Waals surface area contributed by atoms with Crippen LogP contribution in [-0.2, 0) is 15.6 Å². The predicted octanol–water partition coefficient (Wildman–Crippen LogP) is 1.81. The third-order valence-electron chi connectivity index (χ3n) is 3.01. The van der Waals surface area contributed by atoms with Crippen LogP contribution < -0.4 is 0 Å². The van der Waals surface area contributed by atoms with Crippen LogP contribution in [0.25, 0.3) is 0 Å². The highest BCUT2D eigenvalue weighted by atomic mass is 32.2. The third-order valence-corrected chi connectivity index (χ3v) is 4.35. The Bertz CT molecular complexity index is 505. The molecule has 2 aliphatic rings. The van der Waals surface area contributed by atoms with E-state index in [1.54, 1.807) is 4.90 Å². The molecule has 2 aliphatic heterocycles. The number of aliphatic imine (C=N–C) groups is 1. The van der Waals surface area contributed by atoms with Crippen LogP contribution in [0.1, 0.15) is 33.1 Å². The van der Waals surface area contributed by atoms with Gasteiger partial charge in [0.25, 0.3) is 0 Å². The van der Waals surface area contributed by atoms with E-state index in [1.165, 1.54) is 11.8 Å². The standard InChI is InChI=1S/C12H16N2O3S/c1-3-5-9-8(4-2)6-14-7-10(11(15)16)18(17)12(14)13-9/h7H,3-6H2,1-2H3,(H,15,16). The van der Waals surface area contributed by atoms with Crippen molar-refractivity contribution in [2.24, 2.45) is 4.99 Å². The number of hydrogen-bond acceptors (Lipinski definition) is 4. The van der Waals surface area contributed by atoms with Gasteiger partial charge in [0.1, 0.15) is 15.7 Å². The minimum Gasteiger partial charge on any atom is -0.477 e. The lowest BCUT2D eigenvalue weighted by molar-refractivity contribution is -0.131. The van der Waals surface area contributed by atoms with Crippen molar-refractivity contribution in [1.82, 2.24) is 4.90 Å². The molecule has 0 bridgehead atoms. The van der Waals surface area contributed by atoms with Crippen molar-refractivity contribution in [3.8, 4) is 0 Å². The second kappa shape index (κ2) is 5.06. The molecule has 0 saturated carbocycles. The lowest BCUT2D eigenvalue weighted by atomic mass is 10.1. The van der Waals surface area contributed by atoms with Crippen LogP contribution in [0.15, 0.2) is 27.4 Å². The van der Waals surface area contributed by atoms with Gasteiger partial charge in [0, 0.05) is 18.4 Å². The van der Waals surface area contributed by atoms with Crippen LogP contribution in [-0.4, -0.2) is 31.9 Å². The highest BCUT2D eigenvalue weighted by molar-refractivity contribution is 8.05. The Morgan fingerprint density at radius 2 is 2.28 bits per heavy atom. The van der Waals surface area contributed by atoms with Gasteiger partial charge in [0.2, 0.25) is 5.17 Å². The van der Waals surface area contributed by atoms with E-state index in [0.29, 0.717) is 11.7 Å². The molecule has 0 aromatic rings. The average Bonchev–Trinajstić information content (AvgIpc) is 2.66. The van der Waals surface area contributed by atoms with Gasteiger partial charge in [-0.3, -0.25) is 0 Å². The van der Waals surface area contributed by atoms with Gasteiger partial charge in [-0.15, -0.1) is 0 Å². The minimum absolute atomic E-state index is 0.0815. The Balaban J connectivity index is 2.36. The molecular formula is C12H16N2O3S. The molecule has 1 atom stereocenters. The molecule has 0 fully saturated rings. The SMILES string of the molecule is CCCC1=C(CC)CN2C=C(C(=O)O)S(=O)C2=N1. The minimum atomic E-state index is -1.65. The number of carboxylic acids is 1. The first-order valence-corrected chi connectivity index (χ1v) is 7.16. The number of carboxylic acid groups (broad SMARTS) is 1. The fourth-order valence-corrected chi connectivity index (χ4v) is 3.18. The van der Waals surface area contributed by atoms with Crippen molar-refractivity contribution < 1.29 is 14.1 Å². The van der Waals surface area contributed by atoms with Crippen LogP contribution in [0.2, 0.25) is 0 Å². The molecule has 0 aliphatic carbocycles. The first-order chi connectivity index (χ1) is 8.58. The maximum atomic E-state index is 12.0. The molecule has 6 heteroatoms. The van der Waals surface area contributed by atoms with Crippen LogP contribution in [0, 0.1) is 0 Å². The number of amidine groups is 1. The zero-order valence-electron chi connectivity index (χ0n) is 10.5. The Morgan fingerprint density at radius 3 is 2.83 bits per heavy atom. The second-order valence-electron chi connectivity index (χ2n) is 4.24. The summed E-state index contributed by atoms with van der Waals surface area (Å²) in [4.78, 5) is 17.0. The Hall–Kier alpha value is -1.43. The van der Waals surface area contributed by atoms with Gasteiger partial charge in [0.15, 0.2) is 0 Å². The Labute approximate surface area is 108 Å². The number of aliphatic carboxylic acids is 1. The molecule has 0 saturated heterocycles. The summed E-state index contributed by atoms with van der Waals surface area (Å²) in [6, 6.07) is 0. The van der Waals surface area contributed by atoms with E-state index in [2.05, 4.69) is 18.8 Å². The quantitative estimate of drug-likeness (QED) is 0.844. The summed E-state index contributed by atoms with van der Waals surface area (Å²) in [5.74, 6) is -1.14. The zero-order chi connectivity index (χ0) is 13.3. The molecule has 98 valence electrons. The molecule has 0 aromatic carbocycles. The van der Waals surface area contributed by atoms with Crippen molar-refractivity contribution in [2.75, 3.05) is 6.54 Å². The largest absolute Gasteiger partial charge is 0.477 e. The first kappa shape index (κ1) is 13.0. The summed E-state index contributed by atoms with van der Waals surface area (Å²) < 4.78 is 12.0. The predicted molar refractivity (Wildman–Crippen MR) is 70.2 cm³/mol. The molecule has 0 aromatic heterocycles. The summed E-state index contributed by atoms with van der Waals surface area (Å²) in [7, 11) is -1.65. The summed E-state index contributed by atoms with van der Waals surface area (Å²) in [6.07, 6.45) is 4.14. The number of hydrogen-bond donors (Lipinski definition) is 1. The lowest BCUT2D eigenvalue weighted by Crippen LogP contribution is -2.30. The Morgan fingerprint density at radius 1 is 1.56 bits per heavy atom. The number of carbonyl (C=O) groups is 1. The van der Waals surface area contributed by atoms with Crippen LogP contribution in [0.5, 0.6) is 0 Å². The normalized spacial score (nSPS) is 22.8. The second-order valence-corrected chi connectivity index (χ2v) is 5.59. The van der Waals surface area contributed by atoms with Gasteiger partial charge in [-0.05, 0) is 18.4 Å². The topological polar surface area (TPSA) is 70.0 Å². The number of allylic oxidation sites excluding steroid dienone is 1. The van der Waals surface area contributed by atoms with Crippen LogP contribution in [0.3, 0.4) is 0 Å². The molecule has 1 N–H and O–H groups in total. The highest BCUT2D eigenvalue weighted by Crippen LogP contribution is 2.28. The maximum Gasteiger partial charge on any atom is 0.346 e. The molecule has 1 unspecified atom stereocenters. The molecule has 2 rings (SSSR count). The van der Waals surface area contributed by atoms with Crippen LogP contribution >= 0.6 is 0 Å². The van der Waals surface area contributed by atoms with E-state index in [9.17, 15) is 9.00 Å². The summed E-state index contributed by atoms with van der Waals surface area (Å²) in [6.45, 7) is 4.73. The molecule has 0 radical (unpaired) electrons. The third kappa shape index (κ3) is 2.12. The fraction of sp³-hybridized carbons (Fsp3) is 0.500. The van der Waals surface area contributed by atoms with Gasteiger partial charge < -0.3 is 10.0 Å². The Kier molecular flexibility index (Phi) is 3.65. The molecular weight excluding hydrogens is 252 g/mol. The fourth-order valence-electron chi connectivity index (χ4n) is 2.08. The van der Waals surface area contributed by atoms with Gasteiger partial charge in [-0.2, -0.15) is 0 Å². The van der Waals surface area contributed by atoms with Crippen molar-refractivity contribution in [3.63, 3.8) is 0 Å².